The molecule has 0 radical (unpaired) electrons. The standard InChI is InChI=1S/C45H25N3O2S/c1-2-11-26(12-3-1)43-46-44(33-16-10-19-37-40(33)31-14-4-7-17-35(31)49-37)48-45(47-43)34-24-23-28(41-32-15-5-8-18-36(32)50-42(34)41)27-21-22-30-29-13-6-9-20-38(29)51-39(30)25-27/h1-25H. The zero-order valence-corrected chi connectivity index (χ0v) is 27.8. The number of fused-ring (bicyclic) bond motifs is 9. The molecule has 0 saturated carbocycles. The zero-order chi connectivity index (χ0) is 33.5. The Bertz CT molecular complexity index is 3160. The average Bonchev–Trinajstić information content (AvgIpc) is 3.89. The molecule has 0 saturated heterocycles. The molecule has 0 aliphatic heterocycles. The maximum Gasteiger partial charge on any atom is 0.167 e. The van der Waals surface area contributed by atoms with Crippen LogP contribution in [0.3, 0.4) is 0 Å². The first-order valence-electron chi connectivity index (χ1n) is 16.9. The molecule has 5 nitrogen and oxygen atoms in total. The van der Waals surface area contributed by atoms with Crippen LogP contribution in [-0.2, 0) is 0 Å². The predicted octanol–water partition coefficient (Wildman–Crippen LogP) is 12.7. The van der Waals surface area contributed by atoms with E-state index in [2.05, 4.69) is 78.9 Å². The fourth-order valence-corrected chi connectivity index (χ4v) is 8.58. The molecule has 4 aromatic heterocycles. The highest BCUT2D eigenvalue weighted by Crippen LogP contribution is 2.44. The predicted molar refractivity (Wildman–Crippen MR) is 209 cm³/mol. The monoisotopic (exact) mass is 671 g/mol. The molecular weight excluding hydrogens is 647 g/mol. The van der Waals surface area contributed by atoms with Crippen LogP contribution in [0.25, 0.3) is 109 Å². The van der Waals surface area contributed by atoms with Crippen molar-refractivity contribution in [3.05, 3.63) is 152 Å². The van der Waals surface area contributed by atoms with Gasteiger partial charge in [-0.15, -0.1) is 11.3 Å². The first kappa shape index (κ1) is 28.2. The van der Waals surface area contributed by atoms with Crippen LogP contribution in [0.15, 0.2) is 160 Å². The average molecular weight is 672 g/mol. The molecule has 0 aliphatic rings. The Kier molecular flexibility index (Phi) is 6.05. The van der Waals surface area contributed by atoms with Gasteiger partial charge in [-0.05, 0) is 47.5 Å². The number of benzene rings is 7. The van der Waals surface area contributed by atoms with Crippen molar-refractivity contribution < 1.29 is 8.83 Å². The second-order valence-corrected chi connectivity index (χ2v) is 13.8. The molecule has 6 heteroatoms. The minimum atomic E-state index is 0.541. The van der Waals surface area contributed by atoms with Gasteiger partial charge in [-0.3, -0.25) is 0 Å². The molecule has 0 fully saturated rings. The van der Waals surface area contributed by atoms with E-state index < -0.39 is 0 Å². The summed E-state index contributed by atoms with van der Waals surface area (Å²) in [5.41, 5.74) is 8.00. The van der Waals surface area contributed by atoms with Gasteiger partial charge in [0, 0.05) is 52.8 Å². The highest BCUT2D eigenvalue weighted by Gasteiger charge is 2.22. The summed E-state index contributed by atoms with van der Waals surface area (Å²) in [6.07, 6.45) is 0. The number of aromatic nitrogens is 3. The van der Waals surface area contributed by atoms with E-state index in [0.29, 0.717) is 17.5 Å². The van der Waals surface area contributed by atoms with E-state index in [0.717, 1.165) is 71.7 Å². The number of hydrogen-bond donors (Lipinski definition) is 0. The van der Waals surface area contributed by atoms with Gasteiger partial charge in [-0.1, -0.05) is 115 Å². The highest BCUT2D eigenvalue weighted by molar-refractivity contribution is 7.25. The van der Waals surface area contributed by atoms with Gasteiger partial charge in [-0.2, -0.15) is 0 Å². The van der Waals surface area contributed by atoms with Crippen LogP contribution in [0.2, 0.25) is 0 Å². The molecule has 11 rings (SSSR count). The largest absolute Gasteiger partial charge is 0.456 e. The van der Waals surface area contributed by atoms with Gasteiger partial charge in [0.05, 0.1) is 5.56 Å². The Labute approximate surface area is 295 Å². The fraction of sp³-hybridized carbons (Fsp3) is 0. The molecule has 0 bridgehead atoms. The lowest BCUT2D eigenvalue weighted by atomic mass is 9.96. The van der Waals surface area contributed by atoms with E-state index in [4.69, 9.17) is 23.8 Å². The van der Waals surface area contributed by atoms with E-state index in [1.54, 1.807) is 0 Å². The third kappa shape index (κ3) is 4.37. The van der Waals surface area contributed by atoms with E-state index in [1.165, 1.54) is 20.2 Å². The van der Waals surface area contributed by atoms with E-state index in [-0.39, 0.29) is 0 Å². The van der Waals surface area contributed by atoms with Gasteiger partial charge in [0.2, 0.25) is 0 Å². The van der Waals surface area contributed by atoms with Gasteiger partial charge in [0.25, 0.3) is 0 Å². The maximum atomic E-state index is 6.73. The van der Waals surface area contributed by atoms with Crippen molar-refractivity contribution in [2.45, 2.75) is 0 Å². The van der Waals surface area contributed by atoms with Crippen molar-refractivity contribution in [2.24, 2.45) is 0 Å². The van der Waals surface area contributed by atoms with Crippen molar-refractivity contribution >= 4 is 75.4 Å². The molecule has 0 atom stereocenters. The Morgan fingerprint density at radius 2 is 1.00 bits per heavy atom. The summed E-state index contributed by atoms with van der Waals surface area (Å²) in [7, 11) is 0. The lowest BCUT2D eigenvalue weighted by molar-refractivity contribution is 0.668. The SMILES string of the molecule is c1ccc(-c2nc(-c3ccc(-c4ccc5c(c4)sc4ccccc45)c4c3oc3ccccc34)nc(-c3cccc4oc5ccccc5c34)n2)cc1. The molecule has 0 N–H and O–H groups in total. The highest BCUT2D eigenvalue weighted by atomic mass is 32.1. The van der Waals surface area contributed by atoms with Crippen molar-refractivity contribution in [3.8, 4) is 45.3 Å². The molecular formula is C45H25N3O2S. The minimum Gasteiger partial charge on any atom is -0.456 e. The zero-order valence-electron chi connectivity index (χ0n) is 27.0. The van der Waals surface area contributed by atoms with Gasteiger partial charge >= 0.3 is 0 Å². The van der Waals surface area contributed by atoms with Crippen molar-refractivity contribution in [3.63, 3.8) is 0 Å². The number of hydrogen-bond acceptors (Lipinski definition) is 6. The topological polar surface area (TPSA) is 65.0 Å². The second kappa shape index (κ2) is 10.9. The number of thiophene rings is 1. The Morgan fingerprint density at radius 1 is 0.373 bits per heavy atom. The molecule has 0 amide bonds. The summed E-state index contributed by atoms with van der Waals surface area (Å²) in [6, 6.07) is 52.1. The normalized spacial score (nSPS) is 11.9. The van der Waals surface area contributed by atoms with E-state index >= 15 is 0 Å². The van der Waals surface area contributed by atoms with Crippen LogP contribution >= 0.6 is 11.3 Å². The van der Waals surface area contributed by atoms with Crippen LogP contribution in [-0.4, -0.2) is 15.0 Å². The quantitative estimate of drug-likeness (QED) is 0.186. The summed E-state index contributed by atoms with van der Waals surface area (Å²) in [5.74, 6) is 1.70. The van der Waals surface area contributed by atoms with Gasteiger partial charge in [0.1, 0.15) is 22.3 Å². The van der Waals surface area contributed by atoms with E-state index in [9.17, 15) is 0 Å². The van der Waals surface area contributed by atoms with Crippen LogP contribution < -0.4 is 0 Å². The third-order valence-corrected chi connectivity index (χ3v) is 10.9. The van der Waals surface area contributed by atoms with Gasteiger partial charge < -0.3 is 8.83 Å². The van der Waals surface area contributed by atoms with Gasteiger partial charge in [0.15, 0.2) is 17.5 Å². The molecule has 4 heterocycles. The summed E-state index contributed by atoms with van der Waals surface area (Å²) < 4.78 is 15.5. The summed E-state index contributed by atoms with van der Waals surface area (Å²) >= 11 is 1.83. The second-order valence-electron chi connectivity index (χ2n) is 12.7. The van der Waals surface area contributed by atoms with Crippen LogP contribution in [0, 0.1) is 0 Å². The molecule has 51 heavy (non-hydrogen) atoms. The molecule has 0 aliphatic carbocycles. The maximum absolute atomic E-state index is 6.73. The number of para-hydroxylation sites is 2. The smallest absolute Gasteiger partial charge is 0.167 e. The molecule has 238 valence electrons. The van der Waals surface area contributed by atoms with Crippen molar-refractivity contribution in [1.29, 1.82) is 0 Å². The molecule has 0 spiro atoms. The first-order chi connectivity index (χ1) is 25.3. The van der Waals surface area contributed by atoms with Crippen LogP contribution in [0.4, 0.5) is 0 Å². The molecule has 0 unspecified atom stereocenters. The van der Waals surface area contributed by atoms with Crippen molar-refractivity contribution in [1.82, 2.24) is 15.0 Å². The Balaban J connectivity index is 1.17. The lowest BCUT2D eigenvalue weighted by Crippen LogP contribution is -2.00. The number of rotatable bonds is 4. The lowest BCUT2D eigenvalue weighted by Gasteiger charge is -2.11. The third-order valence-electron chi connectivity index (χ3n) is 9.77. The fourth-order valence-electron chi connectivity index (χ4n) is 7.43. The van der Waals surface area contributed by atoms with Gasteiger partial charge in [-0.25, -0.2) is 15.0 Å². The van der Waals surface area contributed by atoms with E-state index in [1.807, 2.05) is 84.1 Å². The summed E-state index contributed by atoms with van der Waals surface area (Å²) in [5, 5.41) is 6.65. The van der Waals surface area contributed by atoms with Crippen molar-refractivity contribution in [2.75, 3.05) is 0 Å². The Hall–Kier alpha value is -6.63. The number of nitrogens with zero attached hydrogens (tertiary/aromatic N) is 3. The first-order valence-corrected chi connectivity index (χ1v) is 17.7. The summed E-state index contributed by atoms with van der Waals surface area (Å²) in [4.78, 5) is 15.4. The Morgan fingerprint density at radius 3 is 1.84 bits per heavy atom. The van der Waals surface area contributed by atoms with Crippen LogP contribution in [0.5, 0.6) is 0 Å². The minimum absolute atomic E-state index is 0.541. The number of furan rings is 2. The van der Waals surface area contributed by atoms with Crippen LogP contribution in [0.1, 0.15) is 0 Å². The molecule has 7 aromatic carbocycles. The molecule has 11 aromatic rings. The summed E-state index contributed by atoms with van der Waals surface area (Å²) in [6.45, 7) is 0.